The minimum atomic E-state index is -0.0562. The summed E-state index contributed by atoms with van der Waals surface area (Å²) in [5.41, 5.74) is 1.69. The second-order valence-electron chi connectivity index (χ2n) is 3.37. The van der Waals surface area contributed by atoms with E-state index in [1.54, 1.807) is 0 Å². The van der Waals surface area contributed by atoms with Crippen LogP contribution in [-0.2, 0) is 4.79 Å². The molecule has 0 aliphatic heterocycles. The summed E-state index contributed by atoms with van der Waals surface area (Å²) in [5, 5.41) is 6.40. The summed E-state index contributed by atoms with van der Waals surface area (Å²) in [6.07, 6.45) is 0. The highest BCUT2D eigenvalue weighted by Gasteiger charge is 2.13. The number of hydrogen-bond donors (Lipinski definition) is 1. The molecule has 72 valence electrons. The standard InChI is InChI=1S/C9H14N2O2/c1-5(2)8(12)10-9-6(3)7(4)11-13-9/h5H,1-4H3,(H,10,12). The fourth-order valence-electron chi connectivity index (χ4n) is 0.788. The van der Waals surface area contributed by atoms with Crippen LogP contribution < -0.4 is 5.32 Å². The van der Waals surface area contributed by atoms with Crippen LogP contribution in [0.2, 0.25) is 0 Å². The number of aryl methyl sites for hydroxylation is 1. The second-order valence-corrected chi connectivity index (χ2v) is 3.37. The zero-order chi connectivity index (χ0) is 10.0. The highest BCUT2D eigenvalue weighted by molar-refractivity contribution is 5.91. The third-order valence-corrected chi connectivity index (χ3v) is 1.92. The van der Waals surface area contributed by atoms with Gasteiger partial charge in [0, 0.05) is 11.5 Å². The zero-order valence-electron chi connectivity index (χ0n) is 8.34. The maximum Gasteiger partial charge on any atom is 0.234 e. The van der Waals surface area contributed by atoms with Crippen molar-refractivity contribution in [1.82, 2.24) is 5.16 Å². The van der Waals surface area contributed by atoms with Gasteiger partial charge in [0.15, 0.2) is 0 Å². The Balaban J connectivity index is 2.75. The highest BCUT2D eigenvalue weighted by atomic mass is 16.5. The minimum Gasteiger partial charge on any atom is -0.338 e. The number of carbonyl (C=O) groups excluding carboxylic acids is 1. The third kappa shape index (κ3) is 2.08. The quantitative estimate of drug-likeness (QED) is 0.759. The van der Waals surface area contributed by atoms with Crippen molar-refractivity contribution in [2.75, 3.05) is 5.32 Å². The predicted molar refractivity (Wildman–Crippen MR) is 49.4 cm³/mol. The maximum atomic E-state index is 11.3. The van der Waals surface area contributed by atoms with Crippen molar-refractivity contribution in [2.24, 2.45) is 5.92 Å². The lowest BCUT2D eigenvalue weighted by atomic mass is 10.2. The Morgan fingerprint density at radius 3 is 2.46 bits per heavy atom. The van der Waals surface area contributed by atoms with Gasteiger partial charge in [-0.25, -0.2) is 0 Å². The summed E-state index contributed by atoms with van der Waals surface area (Å²) < 4.78 is 4.93. The molecule has 0 aliphatic rings. The summed E-state index contributed by atoms with van der Waals surface area (Å²) in [6.45, 7) is 7.35. The summed E-state index contributed by atoms with van der Waals surface area (Å²) in [6, 6.07) is 0. The van der Waals surface area contributed by atoms with Crippen LogP contribution in [-0.4, -0.2) is 11.1 Å². The zero-order valence-corrected chi connectivity index (χ0v) is 8.34. The van der Waals surface area contributed by atoms with E-state index < -0.39 is 0 Å². The monoisotopic (exact) mass is 182 g/mol. The molecule has 13 heavy (non-hydrogen) atoms. The number of nitrogens with one attached hydrogen (secondary N) is 1. The Morgan fingerprint density at radius 2 is 2.08 bits per heavy atom. The van der Waals surface area contributed by atoms with E-state index in [0.717, 1.165) is 11.3 Å². The molecule has 1 amide bonds. The largest absolute Gasteiger partial charge is 0.338 e. The Bertz CT molecular complexity index is 315. The number of carbonyl (C=O) groups is 1. The fourth-order valence-corrected chi connectivity index (χ4v) is 0.788. The molecule has 0 aliphatic carbocycles. The molecule has 0 bridgehead atoms. The van der Waals surface area contributed by atoms with Gasteiger partial charge >= 0.3 is 0 Å². The molecule has 0 aromatic carbocycles. The summed E-state index contributed by atoms with van der Waals surface area (Å²) >= 11 is 0. The minimum absolute atomic E-state index is 0.0511. The molecule has 1 rings (SSSR count). The molecule has 0 fully saturated rings. The van der Waals surface area contributed by atoms with Crippen LogP contribution in [0.3, 0.4) is 0 Å². The van der Waals surface area contributed by atoms with Gasteiger partial charge in [0.2, 0.25) is 11.8 Å². The van der Waals surface area contributed by atoms with Gasteiger partial charge in [-0.15, -0.1) is 0 Å². The first-order valence-corrected chi connectivity index (χ1v) is 4.26. The number of aromatic nitrogens is 1. The van der Waals surface area contributed by atoms with E-state index in [-0.39, 0.29) is 11.8 Å². The summed E-state index contributed by atoms with van der Waals surface area (Å²) in [5.74, 6) is 0.347. The van der Waals surface area contributed by atoms with Gasteiger partial charge in [0.1, 0.15) is 0 Å². The molecule has 0 radical (unpaired) electrons. The lowest BCUT2D eigenvalue weighted by Gasteiger charge is -2.03. The summed E-state index contributed by atoms with van der Waals surface area (Å²) in [7, 11) is 0. The number of rotatable bonds is 2. The van der Waals surface area contributed by atoms with Crippen molar-refractivity contribution < 1.29 is 9.32 Å². The molecule has 0 spiro atoms. The molecular weight excluding hydrogens is 168 g/mol. The van der Waals surface area contributed by atoms with E-state index in [0.29, 0.717) is 5.88 Å². The second kappa shape index (κ2) is 3.60. The van der Waals surface area contributed by atoms with Crippen LogP contribution in [0.1, 0.15) is 25.1 Å². The molecule has 1 heterocycles. The van der Waals surface area contributed by atoms with Gasteiger partial charge in [-0.2, -0.15) is 0 Å². The molecule has 0 unspecified atom stereocenters. The van der Waals surface area contributed by atoms with E-state index >= 15 is 0 Å². The van der Waals surface area contributed by atoms with Gasteiger partial charge in [-0.05, 0) is 13.8 Å². The van der Waals surface area contributed by atoms with Crippen molar-refractivity contribution in [3.05, 3.63) is 11.3 Å². The predicted octanol–water partition coefficient (Wildman–Crippen LogP) is 1.89. The van der Waals surface area contributed by atoms with Gasteiger partial charge in [-0.3, -0.25) is 10.1 Å². The van der Waals surface area contributed by atoms with E-state index in [1.807, 2.05) is 27.7 Å². The molecule has 4 nitrogen and oxygen atoms in total. The maximum absolute atomic E-state index is 11.3. The Hall–Kier alpha value is -1.32. The Morgan fingerprint density at radius 1 is 1.46 bits per heavy atom. The molecule has 4 heteroatoms. The smallest absolute Gasteiger partial charge is 0.234 e. The van der Waals surface area contributed by atoms with Crippen molar-refractivity contribution in [2.45, 2.75) is 27.7 Å². The average molecular weight is 182 g/mol. The highest BCUT2D eigenvalue weighted by Crippen LogP contribution is 2.17. The Kier molecular flexibility index (Phi) is 2.70. The van der Waals surface area contributed by atoms with Crippen LogP contribution in [0.25, 0.3) is 0 Å². The first kappa shape index (κ1) is 9.77. The van der Waals surface area contributed by atoms with Crippen LogP contribution in [0.15, 0.2) is 4.52 Å². The number of anilines is 1. The fraction of sp³-hybridized carbons (Fsp3) is 0.556. The van der Waals surface area contributed by atoms with Gasteiger partial charge in [0.05, 0.1) is 5.69 Å². The normalized spacial score (nSPS) is 10.5. The molecular formula is C9H14N2O2. The van der Waals surface area contributed by atoms with Crippen molar-refractivity contribution in [3.8, 4) is 0 Å². The van der Waals surface area contributed by atoms with Crippen molar-refractivity contribution >= 4 is 11.8 Å². The van der Waals surface area contributed by atoms with E-state index in [2.05, 4.69) is 10.5 Å². The third-order valence-electron chi connectivity index (χ3n) is 1.92. The van der Waals surface area contributed by atoms with Crippen molar-refractivity contribution in [3.63, 3.8) is 0 Å². The molecule has 0 saturated heterocycles. The number of amides is 1. The first-order chi connectivity index (χ1) is 6.02. The lowest BCUT2D eigenvalue weighted by molar-refractivity contribution is -0.119. The topological polar surface area (TPSA) is 55.1 Å². The average Bonchev–Trinajstić information content (AvgIpc) is 2.36. The number of hydrogen-bond acceptors (Lipinski definition) is 3. The number of nitrogens with zero attached hydrogens (tertiary/aromatic N) is 1. The van der Waals surface area contributed by atoms with Crippen LogP contribution >= 0.6 is 0 Å². The Labute approximate surface area is 77.3 Å². The van der Waals surface area contributed by atoms with Gasteiger partial charge < -0.3 is 4.52 Å². The van der Waals surface area contributed by atoms with Crippen molar-refractivity contribution in [1.29, 1.82) is 0 Å². The van der Waals surface area contributed by atoms with E-state index in [1.165, 1.54) is 0 Å². The van der Waals surface area contributed by atoms with Crippen LogP contribution in [0, 0.1) is 19.8 Å². The van der Waals surface area contributed by atoms with E-state index in [9.17, 15) is 4.79 Å². The van der Waals surface area contributed by atoms with Gasteiger partial charge in [-0.1, -0.05) is 19.0 Å². The lowest BCUT2D eigenvalue weighted by Crippen LogP contribution is -2.17. The molecule has 0 atom stereocenters. The van der Waals surface area contributed by atoms with Crippen LogP contribution in [0.5, 0.6) is 0 Å². The molecule has 1 aromatic rings. The molecule has 1 N–H and O–H groups in total. The van der Waals surface area contributed by atoms with Gasteiger partial charge in [0.25, 0.3) is 0 Å². The van der Waals surface area contributed by atoms with Crippen LogP contribution in [0.4, 0.5) is 5.88 Å². The first-order valence-electron chi connectivity index (χ1n) is 4.26. The summed E-state index contributed by atoms with van der Waals surface area (Å²) in [4.78, 5) is 11.3. The SMILES string of the molecule is Cc1noc(NC(=O)C(C)C)c1C. The molecule has 0 saturated carbocycles. The molecule has 1 aromatic heterocycles. The van der Waals surface area contributed by atoms with E-state index in [4.69, 9.17) is 4.52 Å².